The lowest BCUT2D eigenvalue weighted by atomic mass is 10.1. The first-order valence-corrected chi connectivity index (χ1v) is 10.7. The number of carbonyl (C=O) groups is 2. The lowest BCUT2D eigenvalue weighted by molar-refractivity contribution is -0.192. The molecule has 4 rings (SSSR count). The monoisotopic (exact) mass is 497 g/mol. The predicted molar refractivity (Wildman–Crippen MR) is 128 cm³/mol. The zero-order chi connectivity index (χ0) is 26.1. The highest BCUT2D eigenvalue weighted by Gasteiger charge is 2.38. The molecule has 1 amide bonds. The number of hydrogen-bond acceptors (Lipinski definition) is 5. The normalized spacial score (nSPS) is 10.9. The maximum Gasteiger partial charge on any atom is 0.490 e. The van der Waals surface area contributed by atoms with E-state index in [4.69, 9.17) is 9.90 Å². The minimum atomic E-state index is -5.08. The largest absolute Gasteiger partial charge is 0.507 e. The summed E-state index contributed by atoms with van der Waals surface area (Å²) < 4.78 is 31.7. The van der Waals surface area contributed by atoms with Crippen molar-refractivity contribution in [1.82, 2.24) is 10.3 Å². The SMILES string of the molecule is O=C(Nc1cccc(CNCc2ccc3ccccc3c2O)c1)c1ccncc1.O=C(O)C(F)(F)F. The van der Waals surface area contributed by atoms with E-state index in [-0.39, 0.29) is 5.91 Å². The number of fused-ring (bicyclic) bond motifs is 1. The number of benzene rings is 3. The molecule has 36 heavy (non-hydrogen) atoms. The van der Waals surface area contributed by atoms with Crippen molar-refractivity contribution < 1.29 is 33.0 Å². The van der Waals surface area contributed by atoms with Crippen molar-refractivity contribution in [1.29, 1.82) is 0 Å². The van der Waals surface area contributed by atoms with E-state index >= 15 is 0 Å². The Hall–Kier alpha value is -4.44. The van der Waals surface area contributed by atoms with Gasteiger partial charge in [-0.3, -0.25) is 9.78 Å². The van der Waals surface area contributed by atoms with Gasteiger partial charge < -0.3 is 20.8 Å². The molecule has 0 spiro atoms. The Bertz CT molecular complexity index is 1350. The number of carboxylic acids is 1. The third-order valence-corrected chi connectivity index (χ3v) is 5.00. The minimum absolute atomic E-state index is 0.168. The average Bonchev–Trinajstić information content (AvgIpc) is 2.86. The summed E-state index contributed by atoms with van der Waals surface area (Å²) in [5.74, 6) is -2.61. The first-order chi connectivity index (χ1) is 17.1. The molecule has 0 radical (unpaired) electrons. The number of aromatic nitrogens is 1. The standard InChI is InChI=1S/C24H21N3O2.C2HF3O2/c28-23-20(9-8-18-5-1-2-7-22(18)23)16-26-15-17-4-3-6-21(14-17)27-24(29)19-10-12-25-13-11-19;3-2(4,5)1(6)7/h1-14,26,28H,15-16H2,(H,27,29);(H,6,7). The maximum absolute atomic E-state index is 12.3. The number of alkyl halides is 3. The van der Waals surface area contributed by atoms with E-state index in [2.05, 4.69) is 15.6 Å². The first kappa shape index (κ1) is 26.2. The number of pyridine rings is 1. The smallest absolute Gasteiger partial charge is 0.490 e. The van der Waals surface area contributed by atoms with Crippen LogP contribution in [0.2, 0.25) is 0 Å². The van der Waals surface area contributed by atoms with E-state index in [9.17, 15) is 23.1 Å². The van der Waals surface area contributed by atoms with Crippen LogP contribution in [0.4, 0.5) is 18.9 Å². The first-order valence-electron chi connectivity index (χ1n) is 10.7. The average molecular weight is 497 g/mol. The van der Waals surface area contributed by atoms with Crippen molar-refractivity contribution in [2.24, 2.45) is 0 Å². The third-order valence-electron chi connectivity index (χ3n) is 5.00. The Kier molecular flexibility index (Phi) is 8.58. The number of phenols is 1. The molecular formula is C26H22F3N3O4. The van der Waals surface area contributed by atoms with Crippen molar-refractivity contribution in [3.05, 3.63) is 102 Å². The molecule has 1 aromatic heterocycles. The van der Waals surface area contributed by atoms with Crippen LogP contribution in [0.25, 0.3) is 10.8 Å². The van der Waals surface area contributed by atoms with Gasteiger partial charge in [0.25, 0.3) is 5.91 Å². The zero-order valence-electron chi connectivity index (χ0n) is 18.8. The minimum Gasteiger partial charge on any atom is -0.507 e. The number of halogens is 3. The van der Waals surface area contributed by atoms with Gasteiger partial charge in [0.2, 0.25) is 0 Å². The van der Waals surface area contributed by atoms with Crippen LogP contribution in [0.1, 0.15) is 21.5 Å². The highest BCUT2D eigenvalue weighted by atomic mass is 19.4. The molecule has 186 valence electrons. The van der Waals surface area contributed by atoms with Crippen LogP contribution in [-0.2, 0) is 17.9 Å². The van der Waals surface area contributed by atoms with Crippen molar-refractivity contribution >= 4 is 28.3 Å². The predicted octanol–water partition coefficient (Wildman–Crippen LogP) is 5.12. The number of anilines is 1. The molecule has 1 heterocycles. The third kappa shape index (κ3) is 7.28. The van der Waals surface area contributed by atoms with Crippen LogP contribution >= 0.6 is 0 Å². The molecule has 0 unspecified atom stereocenters. The number of nitrogens with zero attached hydrogens (tertiary/aromatic N) is 1. The summed E-state index contributed by atoms with van der Waals surface area (Å²) in [5, 5.41) is 25.8. The molecule has 7 nitrogen and oxygen atoms in total. The summed E-state index contributed by atoms with van der Waals surface area (Å²) in [7, 11) is 0. The van der Waals surface area contributed by atoms with E-state index in [1.54, 1.807) is 24.5 Å². The summed E-state index contributed by atoms with van der Waals surface area (Å²) in [6.45, 7) is 1.16. The molecule has 0 saturated carbocycles. The number of phenolic OH excluding ortho intramolecular Hbond substituents is 1. The van der Waals surface area contributed by atoms with E-state index in [1.807, 2.05) is 60.7 Å². The number of aromatic hydroxyl groups is 1. The van der Waals surface area contributed by atoms with Gasteiger partial charge in [0.15, 0.2) is 0 Å². The second-order valence-electron chi connectivity index (χ2n) is 7.59. The van der Waals surface area contributed by atoms with Gasteiger partial charge in [-0.1, -0.05) is 48.5 Å². The molecular weight excluding hydrogens is 475 g/mol. The number of nitrogens with one attached hydrogen (secondary N) is 2. The molecule has 3 aromatic carbocycles. The second kappa shape index (κ2) is 11.8. The van der Waals surface area contributed by atoms with Crippen molar-refractivity contribution in [2.45, 2.75) is 19.3 Å². The fourth-order valence-electron chi connectivity index (χ4n) is 3.25. The number of carbonyl (C=O) groups excluding carboxylic acids is 1. The highest BCUT2D eigenvalue weighted by molar-refractivity contribution is 6.04. The van der Waals surface area contributed by atoms with Crippen LogP contribution < -0.4 is 10.6 Å². The van der Waals surface area contributed by atoms with Gasteiger partial charge in [0, 0.05) is 47.7 Å². The Morgan fingerprint density at radius 3 is 2.28 bits per heavy atom. The Balaban J connectivity index is 0.000000454. The van der Waals surface area contributed by atoms with E-state index in [1.165, 1.54) is 0 Å². The van der Waals surface area contributed by atoms with Gasteiger partial charge >= 0.3 is 12.1 Å². The molecule has 0 bridgehead atoms. The number of hydrogen-bond donors (Lipinski definition) is 4. The molecule has 4 aromatic rings. The van der Waals surface area contributed by atoms with Crippen LogP contribution in [0.3, 0.4) is 0 Å². The molecule has 10 heteroatoms. The lowest BCUT2D eigenvalue weighted by Gasteiger charge is -2.11. The summed E-state index contributed by atoms with van der Waals surface area (Å²) in [5.41, 5.74) is 3.19. The fraction of sp³-hybridized carbons (Fsp3) is 0.115. The van der Waals surface area contributed by atoms with Crippen LogP contribution in [0.15, 0.2) is 85.2 Å². The van der Waals surface area contributed by atoms with Gasteiger partial charge in [-0.15, -0.1) is 0 Å². The maximum atomic E-state index is 12.3. The summed E-state index contributed by atoms with van der Waals surface area (Å²) in [6, 6.07) is 22.8. The summed E-state index contributed by atoms with van der Waals surface area (Å²) >= 11 is 0. The fourth-order valence-corrected chi connectivity index (χ4v) is 3.25. The van der Waals surface area contributed by atoms with Gasteiger partial charge in [-0.2, -0.15) is 13.2 Å². The topological polar surface area (TPSA) is 112 Å². The lowest BCUT2D eigenvalue weighted by Crippen LogP contribution is -2.21. The molecule has 0 aliphatic rings. The molecule has 0 aliphatic heterocycles. The number of aliphatic carboxylic acids is 1. The van der Waals surface area contributed by atoms with Gasteiger partial charge in [0.1, 0.15) is 5.75 Å². The van der Waals surface area contributed by atoms with Crippen molar-refractivity contribution in [2.75, 3.05) is 5.32 Å². The quantitative estimate of drug-likeness (QED) is 0.294. The summed E-state index contributed by atoms with van der Waals surface area (Å²) in [4.78, 5) is 25.1. The van der Waals surface area contributed by atoms with E-state index < -0.39 is 12.1 Å². The second-order valence-corrected chi connectivity index (χ2v) is 7.59. The highest BCUT2D eigenvalue weighted by Crippen LogP contribution is 2.28. The zero-order valence-corrected chi connectivity index (χ0v) is 18.8. The molecule has 4 N–H and O–H groups in total. The summed E-state index contributed by atoms with van der Waals surface area (Å²) in [6.07, 6.45) is -1.89. The van der Waals surface area contributed by atoms with Gasteiger partial charge in [0.05, 0.1) is 0 Å². The molecule has 0 fully saturated rings. The van der Waals surface area contributed by atoms with Crippen molar-refractivity contribution in [3.8, 4) is 5.75 Å². The van der Waals surface area contributed by atoms with E-state index in [0.717, 1.165) is 27.6 Å². The van der Waals surface area contributed by atoms with Gasteiger partial charge in [-0.25, -0.2) is 4.79 Å². The molecule has 0 atom stereocenters. The Labute approximate surface area is 204 Å². The number of carboxylic acid groups (broad SMARTS) is 1. The molecule has 0 saturated heterocycles. The number of rotatable bonds is 6. The van der Waals surface area contributed by atoms with Gasteiger partial charge in [-0.05, 0) is 35.2 Å². The Morgan fingerprint density at radius 1 is 0.889 bits per heavy atom. The number of amides is 1. The van der Waals surface area contributed by atoms with Crippen LogP contribution in [0.5, 0.6) is 5.75 Å². The molecule has 0 aliphatic carbocycles. The van der Waals surface area contributed by atoms with E-state index in [0.29, 0.717) is 24.4 Å². The Morgan fingerprint density at radius 2 is 1.58 bits per heavy atom. The van der Waals surface area contributed by atoms with Crippen molar-refractivity contribution in [3.63, 3.8) is 0 Å². The van der Waals surface area contributed by atoms with Crippen LogP contribution in [-0.4, -0.2) is 33.2 Å². The van der Waals surface area contributed by atoms with Crippen LogP contribution in [0, 0.1) is 0 Å².